The molecule has 1 aromatic heterocycles. The Morgan fingerprint density at radius 3 is 2.68 bits per heavy atom. The number of nitrogens with one attached hydrogen (secondary N) is 1. The molecule has 1 atom stereocenters. The van der Waals surface area contributed by atoms with Crippen LogP contribution in [0.3, 0.4) is 0 Å². The number of anilines is 1. The Kier molecular flexibility index (Phi) is 4.93. The van der Waals surface area contributed by atoms with Gasteiger partial charge in [0.15, 0.2) is 5.82 Å². The van der Waals surface area contributed by atoms with E-state index in [4.69, 9.17) is 0 Å². The van der Waals surface area contributed by atoms with E-state index in [0.717, 1.165) is 0 Å². The lowest BCUT2D eigenvalue weighted by Gasteiger charge is -2.14. The third-order valence-electron chi connectivity index (χ3n) is 4.22. The van der Waals surface area contributed by atoms with Gasteiger partial charge in [0.1, 0.15) is 5.82 Å². The second kappa shape index (κ2) is 7.30. The fourth-order valence-corrected chi connectivity index (χ4v) is 2.62. The summed E-state index contributed by atoms with van der Waals surface area (Å²) in [5.74, 6) is 0.146. The SMILES string of the molecule is Cc1ccc(-n2ccnc(NCC(C)c3ccccc3)c2=O)cc1F. The highest BCUT2D eigenvalue weighted by atomic mass is 19.1. The molecule has 0 fully saturated rings. The summed E-state index contributed by atoms with van der Waals surface area (Å²) in [6.07, 6.45) is 3.08. The molecule has 0 radical (unpaired) electrons. The van der Waals surface area contributed by atoms with E-state index in [1.165, 1.54) is 28.6 Å². The van der Waals surface area contributed by atoms with Crippen molar-refractivity contribution in [3.05, 3.63) is 88.2 Å². The summed E-state index contributed by atoms with van der Waals surface area (Å²) in [5, 5.41) is 3.11. The van der Waals surface area contributed by atoms with Gasteiger partial charge >= 0.3 is 0 Å². The quantitative estimate of drug-likeness (QED) is 0.768. The highest BCUT2D eigenvalue weighted by Gasteiger charge is 2.10. The van der Waals surface area contributed by atoms with E-state index < -0.39 is 0 Å². The molecule has 0 spiro atoms. The number of nitrogens with zero attached hydrogens (tertiary/aromatic N) is 2. The van der Waals surface area contributed by atoms with Crippen molar-refractivity contribution in [2.75, 3.05) is 11.9 Å². The molecule has 4 nitrogen and oxygen atoms in total. The molecule has 5 heteroatoms. The lowest BCUT2D eigenvalue weighted by molar-refractivity contribution is 0.617. The fourth-order valence-electron chi connectivity index (χ4n) is 2.62. The van der Waals surface area contributed by atoms with Gasteiger partial charge in [0.2, 0.25) is 0 Å². The first-order valence-electron chi connectivity index (χ1n) is 8.19. The Hall–Kier alpha value is -2.95. The van der Waals surface area contributed by atoms with Crippen LogP contribution in [0.25, 0.3) is 5.69 Å². The summed E-state index contributed by atoms with van der Waals surface area (Å²) in [6.45, 7) is 4.35. The zero-order valence-corrected chi connectivity index (χ0v) is 14.2. The van der Waals surface area contributed by atoms with Crippen molar-refractivity contribution in [1.29, 1.82) is 0 Å². The van der Waals surface area contributed by atoms with Crippen molar-refractivity contribution < 1.29 is 4.39 Å². The standard InChI is InChI=1S/C20H20FN3O/c1-14-8-9-17(12-18(14)21)24-11-10-22-19(20(24)25)23-13-15(2)16-6-4-3-5-7-16/h3-12,15H,13H2,1-2H3,(H,22,23). The van der Waals surface area contributed by atoms with Crippen LogP contribution in [0, 0.1) is 12.7 Å². The molecule has 128 valence electrons. The third-order valence-corrected chi connectivity index (χ3v) is 4.22. The fraction of sp³-hybridized carbons (Fsp3) is 0.200. The second-order valence-electron chi connectivity index (χ2n) is 6.08. The number of aryl methyl sites for hydroxylation is 1. The first-order chi connectivity index (χ1) is 12.1. The van der Waals surface area contributed by atoms with Gasteiger partial charge in [-0.05, 0) is 36.1 Å². The number of hydrogen-bond donors (Lipinski definition) is 1. The van der Waals surface area contributed by atoms with Gasteiger partial charge in [-0.2, -0.15) is 0 Å². The number of halogens is 1. The zero-order valence-electron chi connectivity index (χ0n) is 14.2. The number of rotatable bonds is 5. The molecule has 0 bridgehead atoms. The minimum Gasteiger partial charge on any atom is -0.365 e. The normalized spacial score (nSPS) is 12.0. The molecule has 2 aromatic carbocycles. The average Bonchev–Trinajstić information content (AvgIpc) is 2.64. The maximum absolute atomic E-state index is 13.8. The van der Waals surface area contributed by atoms with Gasteiger partial charge in [-0.15, -0.1) is 0 Å². The predicted octanol–water partition coefficient (Wildman–Crippen LogP) is 3.90. The predicted molar refractivity (Wildman–Crippen MR) is 97.9 cm³/mol. The van der Waals surface area contributed by atoms with E-state index in [2.05, 4.69) is 29.4 Å². The smallest absolute Gasteiger partial charge is 0.297 e. The summed E-state index contributed by atoms with van der Waals surface area (Å²) in [6, 6.07) is 14.8. The number of benzene rings is 2. The van der Waals surface area contributed by atoms with Gasteiger partial charge in [0.25, 0.3) is 5.56 Å². The van der Waals surface area contributed by atoms with Crippen LogP contribution in [-0.2, 0) is 0 Å². The van der Waals surface area contributed by atoms with Gasteiger partial charge in [-0.3, -0.25) is 9.36 Å². The topological polar surface area (TPSA) is 46.9 Å². The maximum Gasteiger partial charge on any atom is 0.297 e. The Morgan fingerprint density at radius 1 is 1.20 bits per heavy atom. The molecule has 3 aromatic rings. The highest BCUT2D eigenvalue weighted by molar-refractivity contribution is 5.40. The summed E-state index contributed by atoms with van der Waals surface area (Å²) < 4.78 is 15.2. The van der Waals surface area contributed by atoms with Crippen molar-refractivity contribution in [2.24, 2.45) is 0 Å². The summed E-state index contributed by atoms with van der Waals surface area (Å²) in [7, 11) is 0. The molecule has 1 unspecified atom stereocenters. The second-order valence-corrected chi connectivity index (χ2v) is 6.08. The van der Waals surface area contributed by atoms with Crippen LogP contribution in [0.15, 0.2) is 65.7 Å². The maximum atomic E-state index is 13.8. The van der Waals surface area contributed by atoms with Gasteiger partial charge in [0.05, 0.1) is 5.69 Å². The minimum atomic E-state index is -0.339. The Balaban J connectivity index is 1.82. The van der Waals surface area contributed by atoms with Crippen molar-refractivity contribution in [3.63, 3.8) is 0 Å². The lowest BCUT2D eigenvalue weighted by Crippen LogP contribution is -2.24. The minimum absolute atomic E-state index is 0.230. The molecule has 0 saturated heterocycles. The Labute approximate surface area is 146 Å². The van der Waals surface area contributed by atoms with E-state index in [0.29, 0.717) is 17.8 Å². The van der Waals surface area contributed by atoms with Crippen LogP contribution in [0.2, 0.25) is 0 Å². The molecule has 0 aliphatic rings. The van der Waals surface area contributed by atoms with Crippen molar-refractivity contribution >= 4 is 5.82 Å². The van der Waals surface area contributed by atoms with E-state index in [9.17, 15) is 9.18 Å². The monoisotopic (exact) mass is 337 g/mol. The molecular formula is C20H20FN3O. The summed E-state index contributed by atoms with van der Waals surface area (Å²) >= 11 is 0. The van der Waals surface area contributed by atoms with Crippen LogP contribution >= 0.6 is 0 Å². The first-order valence-corrected chi connectivity index (χ1v) is 8.19. The Morgan fingerprint density at radius 2 is 1.96 bits per heavy atom. The molecular weight excluding hydrogens is 317 g/mol. The van der Waals surface area contributed by atoms with Crippen molar-refractivity contribution in [3.8, 4) is 5.69 Å². The number of hydrogen-bond acceptors (Lipinski definition) is 3. The first kappa shape index (κ1) is 16.9. The molecule has 1 N–H and O–H groups in total. The Bertz CT molecular complexity index is 922. The molecule has 0 aliphatic carbocycles. The van der Waals surface area contributed by atoms with E-state index in [1.54, 1.807) is 19.1 Å². The molecule has 1 heterocycles. The van der Waals surface area contributed by atoms with Gasteiger partial charge in [-0.1, -0.05) is 43.3 Å². The van der Waals surface area contributed by atoms with Crippen molar-refractivity contribution in [1.82, 2.24) is 9.55 Å². The van der Waals surface area contributed by atoms with Gasteiger partial charge < -0.3 is 5.32 Å². The zero-order chi connectivity index (χ0) is 17.8. The van der Waals surface area contributed by atoms with E-state index >= 15 is 0 Å². The molecule has 3 rings (SSSR count). The third kappa shape index (κ3) is 3.76. The largest absolute Gasteiger partial charge is 0.365 e. The van der Waals surface area contributed by atoms with Crippen LogP contribution in [-0.4, -0.2) is 16.1 Å². The van der Waals surface area contributed by atoms with Crippen molar-refractivity contribution in [2.45, 2.75) is 19.8 Å². The lowest BCUT2D eigenvalue weighted by atomic mass is 10.0. The summed E-state index contributed by atoms with van der Waals surface area (Å²) in [5.41, 5.74) is 1.91. The van der Waals surface area contributed by atoms with E-state index in [-0.39, 0.29) is 23.1 Å². The molecule has 0 saturated carbocycles. The molecule has 0 amide bonds. The molecule has 0 aliphatic heterocycles. The van der Waals surface area contributed by atoms with Crippen LogP contribution < -0.4 is 10.9 Å². The van der Waals surface area contributed by atoms with Gasteiger partial charge in [0, 0.05) is 18.9 Å². The van der Waals surface area contributed by atoms with E-state index in [1.807, 2.05) is 18.2 Å². The highest BCUT2D eigenvalue weighted by Crippen LogP contribution is 2.15. The van der Waals surface area contributed by atoms with Crippen LogP contribution in [0.5, 0.6) is 0 Å². The van der Waals surface area contributed by atoms with Crippen LogP contribution in [0.4, 0.5) is 10.2 Å². The summed E-state index contributed by atoms with van der Waals surface area (Å²) in [4.78, 5) is 16.8. The average molecular weight is 337 g/mol. The number of aromatic nitrogens is 2. The van der Waals surface area contributed by atoms with Gasteiger partial charge in [-0.25, -0.2) is 9.37 Å². The van der Waals surface area contributed by atoms with Crippen LogP contribution in [0.1, 0.15) is 24.0 Å². The molecule has 25 heavy (non-hydrogen) atoms.